The Balaban J connectivity index is 1.58. The zero-order chi connectivity index (χ0) is 23.9. The van der Waals surface area contributed by atoms with Gasteiger partial charge in [-0.1, -0.05) is 11.3 Å². The first-order valence-electron chi connectivity index (χ1n) is 11.0. The Labute approximate surface area is 199 Å². The normalized spacial score (nSPS) is 18.0. The summed E-state index contributed by atoms with van der Waals surface area (Å²) in [4.78, 5) is 20.8. The molecule has 178 valence electrons. The Bertz CT molecular complexity index is 1380. The summed E-state index contributed by atoms with van der Waals surface area (Å²) in [5, 5.41) is 6.66. The van der Waals surface area contributed by atoms with Gasteiger partial charge in [-0.25, -0.2) is 18.2 Å². The van der Waals surface area contributed by atoms with Gasteiger partial charge in [0.2, 0.25) is 0 Å². The number of sulfone groups is 1. The van der Waals surface area contributed by atoms with Crippen LogP contribution in [-0.2, 0) is 19.4 Å². The van der Waals surface area contributed by atoms with Gasteiger partial charge in [-0.05, 0) is 50.2 Å². The Kier molecular flexibility index (Phi) is 6.09. The molecule has 12 heteroatoms. The number of nitrogens with zero attached hydrogens (tertiary/aromatic N) is 4. The monoisotopic (exact) mass is 503 g/mol. The molecule has 5 rings (SSSR count). The molecule has 1 atom stereocenters. The van der Waals surface area contributed by atoms with Crippen molar-refractivity contribution in [2.75, 3.05) is 18.5 Å². The maximum Gasteiger partial charge on any atom is 0.251 e. The number of benzene rings is 1. The molecule has 0 spiro atoms. The van der Waals surface area contributed by atoms with Crippen molar-refractivity contribution in [3.63, 3.8) is 0 Å². The number of rotatable bonds is 7. The van der Waals surface area contributed by atoms with E-state index < -0.39 is 32.2 Å². The number of carbonyl (C=O) groups is 1. The van der Waals surface area contributed by atoms with Gasteiger partial charge in [-0.2, -0.15) is 9.49 Å². The lowest BCUT2D eigenvalue weighted by Crippen LogP contribution is -2.30. The third kappa shape index (κ3) is 4.43. The van der Waals surface area contributed by atoms with Crippen molar-refractivity contribution in [3.8, 4) is 0 Å². The van der Waals surface area contributed by atoms with Crippen LogP contribution in [-0.4, -0.2) is 47.6 Å². The van der Waals surface area contributed by atoms with Crippen LogP contribution in [0.25, 0.3) is 15.7 Å². The number of thiazole rings is 1. The van der Waals surface area contributed by atoms with Crippen molar-refractivity contribution in [1.82, 2.24) is 14.8 Å². The molecule has 2 fully saturated rings. The molecule has 2 aliphatic rings. The van der Waals surface area contributed by atoms with Gasteiger partial charge < -0.3 is 10.1 Å². The first-order chi connectivity index (χ1) is 16.4. The molecule has 1 saturated carbocycles. The van der Waals surface area contributed by atoms with E-state index in [9.17, 15) is 17.6 Å². The lowest BCUT2D eigenvalue weighted by molar-refractivity contribution is -0.120. The highest BCUT2D eigenvalue weighted by atomic mass is 32.2. The molecule has 1 aromatic carbocycles. The minimum Gasteiger partial charge on any atom is -0.381 e. The zero-order valence-corrected chi connectivity index (χ0v) is 19.7. The average Bonchev–Trinajstić information content (AvgIpc) is 3.51. The number of carbonyl (C=O) groups excluding carboxylic acids is 1. The van der Waals surface area contributed by atoms with E-state index in [4.69, 9.17) is 11.3 Å². The second kappa shape index (κ2) is 9.05. The van der Waals surface area contributed by atoms with Gasteiger partial charge in [0.05, 0.1) is 34.6 Å². The van der Waals surface area contributed by atoms with Gasteiger partial charge in [-0.15, -0.1) is 0 Å². The number of anilines is 1. The Hall–Kier alpha value is -2.88. The third-order valence-electron chi connectivity index (χ3n) is 6.26. The van der Waals surface area contributed by atoms with Gasteiger partial charge >= 0.3 is 0 Å². The van der Waals surface area contributed by atoms with E-state index in [1.807, 2.05) is 0 Å². The van der Waals surface area contributed by atoms with Crippen LogP contribution in [0.1, 0.15) is 38.1 Å². The average molecular weight is 504 g/mol. The molecule has 3 aromatic rings. The molecule has 1 saturated heterocycles. The summed E-state index contributed by atoms with van der Waals surface area (Å²) < 4.78 is 46.5. The van der Waals surface area contributed by atoms with Gasteiger partial charge in [0.1, 0.15) is 6.04 Å². The number of fused-ring (bicyclic) bond motifs is 1. The molecule has 1 N–H and O–H groups in total. The minimum atomic E-state index is -3.59. The van der Waals surface area contributed by atoms with E-state index in [2.05, 4.69) is 20.2 Å². The SMILES string of the molecule is [C-]#[N+]c1cc(S(=O)(=O)C2CC2)c2cnn([C@@H](CC3CCOCC3)C(=O)Nc3ncc(F)s3)c2c1. The lowest BCUT2D eigenvalue weighted by Gasteiger charge is -2.26. The van der Waals surface area contributed by atoms with Crippen molar-refractivity contribution in [3.05, 3.63) is 41.1 Å². The van der Waals surface area contributed by atoms with E-state index in [0.717, 1.165) is 30.4 Å². The fraction of sp³-hybridized carbons (Fsp3) is 0.455. The van der Waals surface area contributed by atoms with Crippen molar-refractivity contribution in [2.45, 2.75) is 48.3 Å². The fourth-order valence-electron chi connectivity index (χ4n) is 4.32. The van der Waals surface area contributed by atoms with Gasteiger partial charge in [0.15, 0.2) is 25.8 Å². The van der Waals surface area contributed by atoms with Crippen LogP contribution in [0.5, 0.6) is 0 Å². The van der Waals surface area contributed by atoms with Crippen molar-refractivity contribution >= 4 is 48.8 Å². The highest BCUT2D eigenvalue weighted by Gasteiger charge is 2.39. The highest BCUT2D eigenvalue weighted by Crippen LogP contribution is 2.39. The molecule has 2 aromatic heterocycles. The molecule has 1 amide bonds. The van der Waals surface area contributed by atoms with Crippen molar-refractivity contribution < 1.29 is 22.3 Å². The number of amides is 1. The van der Waals surface area contributed by atoms with Crippen molar-refractivity contribution in [2.24, 2.45) is 5.92 Å². The first kappa shape index (κ1) is 22.9. The fourth-order valence-corrected chi connectivity index (χ4v) is 6.73. The summed E-state index contributed by atoms with van der Waals surface area (Å²) in [6.07, 6.45) is 5.68. The number of aromatic nitrogens is 3. The first-order valence-corrected chi connectivity index (χ1v) is 13.4. The molecule has 0 radical (unpaired) electrons. The zero-order valence-electron chi connectivity index (χ0n) is 18.1. The van der Waals surface area contributed by atoms with Crippen LogP contribution in [0.4, 0.5) is 15.2 Å². The van der Waals surface area contributed by atoms with Crippen LogP contribution >= 0.6 is 11.3 Å². The molecule has 1 aliphatic heterocycles. The molecule has 0 unspecified atom stereocenters. The number of hydrogen-bond donors (Lipinski definition) is 1. The molecule has 3 heterocycles. The van der Waals surface area contributed by atoms with Crippen molar-refractivity contribution in [1.29, 1.82) is 0 Å². The maximum atomic E-state index is 13.4. The Morgan fingerprint density at radius 1 is 1.29 bits per heavy atom. The maximum absolute atomic E-state index is 13.4. The second-order valence-electron chi connectivity index (χ2n) is 8.59. The molecular formula is C22H22FN5O4S2. The summed E-state index contributed by atoms with van der Waals surface area (Å²) >= 11 is 0.724. The summed E-state index contributed by atoms with van der Waals surface area (Å²) in [6, 6.07) is 2.15. The third-order valence-corrected chi connectivity index (χ3v) is 9.27. The number of halogens is 1. The number of nitrogens with one attached hydrogen (secondary N) is 1. The topological polar surface area (TPSA) is 108 Å². The lowest BCUT2D eigenvalue weighted by atomic mass is 9.92. The van der Waals surface area contributed by atoms with Crippen LogP contribution < -0.4 is 5.32 Å². The Morgan fingerprint density at radius 2 is 2.06 bits per heavy atom. The Morgan fingerprint density at radius 3 is 2.71 bits per heavy atom. The number of hydrogen-bond acceptors (Lipinski definition) is 7. The van der Waals surface area contributed by atoms with E-state index in [1.54, 1.807) is 6.07 Å². The minimum absolute atomic E-state index is 0.0805. The summed E-state index contributed by atoms with van der Waals surface area (Å²) in [5.74, 6) is -0.235. The van der Waals surface area contributed by atoms with Gasteiger partial charge in [0.25, 0.3) is 5.91 Å². The summed E-state index contributed by atoms with van der Waals surface area (Å²) in [6.45, 7) is 8.68. The van der Waals surface area contributed by atoms with Gasteiger partial charge in [0, 0.05) is 18.6 Å². The predicted molar refractivity (Wildman–Crippen MR) is 124 cm³/mol. The summed E-state index contributed by atoms with van der Waals surface area (Å²) in [5.41, 5.74) is 0.575. The largest absolute Gasteiger partial charge is 0.381 e. The molecule has 1 aliphatic carbocycles. The van der Waals surface area contributed by atoms with Crippen LogP contribution in [0.2, 0.25) is 0 Å². The van der Waals surface area contributed by atoms with Crippen LogP contribution in [0, 0.1) is 17.6 Å². The number of ether oxygens (including phenoxy) is 1. The standard InChI is InChI=1S/C22H22FN5O4S2/c1-24-14-9-17-16(19(10-14)34(30,31)15-2-3-15)11-26-28(17)18(8-13-4-6-32-7-5-13)21(29)27-22-25-12-20(23)33-22/h9-13,15,18H,2-8H2,(H,25,27,29)/t18-/m0/s1. The molecule has 34 heavy (non-hydrogen) atoms. The molecule has 0 bridgehead atoms. The molecular weight excluding hydrogens is 481 g/mol. The van der Waals surface area contributed by atoms with Crippen LogP contribution in [0.15, 0.2) is 29.4 Å². The summed E-state index contributed by atoms with van der Waals surface area (Å²) in [7, 11) is -3.59. The van der Waals surface area contributed by atoms with E-state index in [0.29, 0.717) is 43.4 Å². The highest BCUT2D eigenvalue weighted by molar-refractivity contribution is 7.92. The second-order valence-corrected chi connectivity index (χ2v) is 11.8. The molecule has 9 nitrogen and oxygen atoms in total. The smallest absolute Gasteiger partial charge is 0.251 e. The van der Waals surface area contributed by atoms with E-state index >= 15 is 0 Å². The van der Waals surface area contributed by atoms with E-state index in [1.165, 1.54) is 16.9 Å². The van der Waals surface area contributed by atoms with E-state index in [-0.39, 0.29) is 21.6 Å². The van der Waals surface area contributed by atoms with Gasteiger partial charge in [-0.3, -0.25) is 9.48 Å². The quantitative estimate of drug-likeness (QED) is 0.486. The van der Waals surface area contributed by atoms with Crippen LogP contribution in [0.3, 0.4) is 0 Å². The predicted octanol–water partition coefficient (Wildman–Crippen LogP) is 4.12.